The molecule has 0 saturated carbocycles. The Hall–Kier alpha value is -0.220. The fourth-order valence-corrected chi connectivity index (χ4v) is 1.71. The molecule has 0 radical (unpaired) electrons. The monoisotopic (exact) mass is 206 g/mol. The van der Waals surface area contributed by atoms with Crippen LogP contribution in [0.5, 0.6) is 0 Å². The largest absolute Gasteiger partial charge is 0.330 e. The first kappa shape index (κ1) is 11.9. The molecule has 2 nitrogen and oxygen atoms in total. The predicted molar refractivity (Wildman–Crippen MR) is 53.5 cm³/mol. The number of nitrogens with two attached hydrogens (primary N) is 1. The molecule has 4 heteroatoms. The maximum atomic E-state index is 12.8. The van der Waals surface area contributed by atoms with Crippen LogP contribution in [0.3, 0.4) is 0 Å². The highest BCUT2D eigenvalue weighted by atomic mass is 19.3. The number of hydrogen-bond acceptors (Lipinski definition) is 2. The van der Waals surface area contributed by atoms with E-state index in [4.69, 9.17) is 5.73 Å². The number of likely N-dealkylation sites (tertiary alicyclic amines) is 1. The molecule has 0 bridgehead atoms. The summed E-state index contributed by atoms with van der Waals surface area (Å²) in [5.41, 5.74) is 5.64. The number of nitrogens with zero attached hydrogens (tertiary/aromatic N) is 1. The highest BCUT2D eigenvalue weighted by molar-refractivity contribution is 4.81. The van der Waals surface area contributed by atoms with E-state index in [9.17, 15) is 8.78 Å². The zero-order valence-electron chi connectivity index (χ0n) is 9.02. The molecule has 1 fully saturated rings. The van der Waals surface area contributed by atoms with Gasteiger partial charge in [-0.3, -0.25) is 0 Å². The zero-order chi connectivity index (χ0) is 10.8. The topological polar surface area (TPSA) is 29.3 Å². The van der Waals surface area contributed by atoms with E-state index in [0.29, 0.717) is 19.6 Å². The molecule has 1 heterocycles. The van der Waals surface area contributed by atoms with E-state index < -0.39 is 5.92 Å². The third kappa shape index (κ3) is 3.50. The van der Waals surface area contributed by atoms with Gasteiger partial charge in [0.2, 0.25) is 0 Å². The number of halogens is 2. The molecule has 0 aromatic carbocycles. The molecule has 2 N–H and O–H groups in total. The Morgan fingerprint density at radius 1 is 1.29 bits per heavy atom. The molecule has 0 aromatic heterocycles. The van der Waals surface area contributed by atoms with Gasteiger partial charge in [0.25, 0.3) is 5.92 Å². The van der Waals surface area contributed by atoms with Crippen molar-refractivity contribution >= 4 is 0 Å². The summed E-state index contributed by atoms with van der Waals surface area (Å²) in [4.78, 5) is 2.09. The van der Waals surface area contributed by atoms with Crippen LogP contribution in [0.2, 0.25) is 0 Å². The zero-order valence-corrected chi connectivity index (χ0v) is 9.02. The Labute approximate surface area is 84.4 Å². The third-order valence-corrected chi connectivity index (χ3v) is 2.79. The quantitative estimate of drug-likeness (QED) is 0.761. The van der Waals surface area contributed by atoms with Crippen molar-refractivity contribution in [2.75, 3.05) is 26.2 Å². The van der Waals surface area contributed by atoms with E-state index in [2.05, 4.69) is 18.7 Å². The SMILES string of the molecule is CC(C)(CN)CN1CCC(F)(F)CC1. The fourth-order valence-electron chi connectivity index (χ4n) is 1.71. The predicted octanol–water partition coefficient (Wildman–Crippen LogP) is 1.70. The van der Waals surface area contributed by atoms with Gasteiger partial charge in [0, 0.05) is 32.5 Å². The molecule has 0 atom stereocenters. The van der Waals surface area contributed by atoms with Crippen molar-refractivity contribution in [2.24, 2.45) is 11.1 Å². The van der Waals surface area contributed by atoms with E-state index in [0.717, 1.165) is 6.54 Å². The van der Waals surface area contributed by atoms with E-state index in [1.807, 2.05) is 0 Å². The molecule has 0 unspecified atom stereocenters. The minimum atomic E-state index is -2.44. The van der Waals surface area contributed by atoms with Crippen molar-refractivity contribution in [1.29, 1.82) is 0 Å². The van der Waals surface area contributed by atoms with E-state index in [1.54, 1.807) is 0 Å². The van der Waals surface area contributed by atoms with Crippen molar-refractivity contribution in [1.82, 2.24) is 4.90 Å². The summed E-state index contributed by atoms with van der Waals surface area (Å²) in [7, 11) is 0. The summed E-state index contributed by atoms with van der Waals surface area (Å²) in [6, 6.07) is 0. The lowest BCUT2D eigenvalue weighted by molar-refractivity contribution is -0.0599. The van der Waals surface area contributed by atoms with Crippen molar-refractivity contribution in [3.8, 4) is 0 Å². The first-order valence-electron chi connectivity index (χ1n) is 5.15. The van der Waals surface area contributed by atoms with Gasteiger partial charge in [0.15, 0.2) is 0 Å². The lowest BCUT2D eigenvalue weighted by Gasteiger charge is -2.36. The Morgan fingerprint density at radius 2 is 1.79 bits per heavy atom. The molecular formula is C10H20F2N2. The van der Waals surface area contributed by atoms with Crippen molar-refractivity contribution in [2.45, 2.75) is 32.6 Å². The van der Waals surface area contributed by atoms with Crippen molar-refractivity contribution in [3.63, 3.8) is 0 Å². The van der Waals surface area contributed by atoms with Crippen LogP contribution >= 0.6 is 0 Å². The van der Waals surface area contributed by atoms with Crippen LogP contribution in [0.4, 0.5) is 8.78 Å². The molecule has 14 heavy (non-hydrogen) atoms. The van der Waals surface area contributed by atoms with E-state index in [1.165, 1.54) is 0 Å². The standard InChI is InChI=1S/C10H20F2N2/c1-9(2,7-13)8-14-5-3-10(11,12)4-6-14/h3-8,13H2,1-2H3. The molecular weight excluding hydrogens is 186 g/mol. The van der Waals surface area contributed by atoms with Crippen LogP contribution in [0.25, 0.3) is 0 Å². The van der Waals surface area contributed by atoms with Gasteiger partial charge in [-0.15, -0.1) is 0 Å². The number of rotatable bonds is 3. The third-order valence-electron chi connectivity index (χ3n) is 2.79. The normalized spacial score (nSPS) is 23.8. The minimum Gasteiger partial charge on any atom is -0.330 e. The highest BCUT2D eigenvalue weighted by Crippen LogP contribution is 2.29. The molecule has 84 valence electrons. The Morgan fingerprint density at radius 3 is 2.21 bits per heavy atom. The summed E-state index contributed by atoms with van der Waals surface area (Å²) in [5, 5.41) is 0. The maximum absolute atomic E-state index is 12.8. The van der Waals surface area contributed by atoms with Crippen LogP contribution in [0, 0.1) is 5.41 Å². The second-order valence-corrected chi connectivity index (χ2v) is 5.00. The van der Waals surface area contributed by atoms with Crippen molar-refractivity contribution < 1.29 is 8.78 Å². The first-order valence-corrected chi connectivity index (χ1v) is 5.15. The fraction of sp³-hybridized carbons (Fsp3) is 1.00. The molecule has 1 saturated heterocycles. The van der Waals surface area contributed by atoms with Gasteiger partial charge in [0.05, 0.1) is 0 Å². The smallest absolute Gasteiger partial charge is 0.250 e. The van der Waals surface area contributed by atoms with E-state index >= 15 is 0 Å². The maximum Gasteiger partial charge on any atom is 0.250 e. The van der Waals surface area contributed by atoms with Crippen molar-refractivity contribution in [3.05, 3.63) is 0 Å². The van der Waals surface area contributed by atoms with Gasteiger partial charge >= 0.3 is 0 Å². The molecule has 0 aromatic rings. The highest BCUT2D eigenvalue weighted by Gasteiger charge is 2.35. The van der Waals surface area contributed by atoms with Gasteiger partial charge in [-0.05, 0) is 12.0 Å². The minimum absolute atomic E-state index is 0.00630. The second kappa shape index (κ2) is 4.11. The molecule has 1 rings (SSSR count). The number of hydrogen-bond donors (Lipinski definition) is 1. The van der Waals surface area contributed by atoms with Crippen LogP contribution in [-0.4, -0.2) is 37.0 Å². The van der Waals surface area contributed by atoms with Gasteiger partial charge in [-0.25, -0.2) is 8.78 Å². The lowest BCUT2D eigenvalue weighted by atomic mass is 9.92. The summed E-state index contributed by atoms with van der Waals surface area (Å²) in [5.74, 6) is -2.44. The Bertz CT molecular complexity index is 183. The summed E-state index contributed by atoms with van der Waals surface area (Å²) in [6.07, 6.45) is -0.0126. The van der Waals surface area contributed by atoms with Gasteiger partial charge in [-0.2, -0.15) is 0 Å². The average Bonchev–Trinajstić information content (AvgIpc) is 2.09. The molecule has 0 aliphatic carbocycles. The summed E-state index contributed by atoms with van der Waals surface area (Å²) in [6.45, 7) is 6.55. The number of alkyl halides is 2. The Kier molecular flexibility index (Phi) is 3.48. The van der Waals surface area contributed by atoms with Crippen LogP contribution < -0.4 is 5.73 Å². The van der Waals surface area contributed by atoms with E-state index in [-0.39, 0.29) is 18.3 Å². The second-order valence-electron chi connectivity index (χ2n) is 5.00. The average molecular weight is 206 g/mol. The molecule has 1 aliphatic heterocycles. The van der Waals surface area contributed by atoms with Crippen LogP contribution in [0.15, 0.2) is 0 Å². The number of piperidine rings is 1. The lowest BCUT2D eigenvalue weighted by Crippen LogP contribution is -2.45. The van der Waals surface area contributed by atoms with Gasteiger partial charge < -0.3 is 10.6 Å². The molecule has 0 amide bonds. The summed E-state index contributed by atoms with van der Waals surface area (Å²) >= 11 is 0. The van der Waals surface area contributed by atoms with Crippen LogP contribution in [-0.2, 0) is 0 Å². The van der Waals surface area contributed by atoms with Gasteiger partial charge in [0.1, 0.15) is 0 Å². The Balaban J connectivity index is 2.36. The summed E-state index contributed by atoms with van der Waals surface area (Å²) < 4.78 is 25.7. The van der Waals surface area contributed by atoms with Gasteiger partial charge in [-0.1, -0.05) is 13.8 Å². The van der Waals surface area contributed by atoms with Crippen LogP contribution in [0.1, 0.15) is 26.7 Å². The molecule has 1 aliphatic rings. The first-order chi connectivity index (χ1) is 6.35. The molecule has 0 spiro atoms.